The summed E-state index contributed by atoms with van der Waals surface area (Å²) in [4.78, 5) is 18.4. The fourth-order valence-corrected chi connectivity index (χ4v) is 2.17. The average molecular weight is 277 g/mol. The van der Waals surface area contributed by atoms with Crippen LogP contribution < -0.4 is 10.6 Å². The number of carbonyl (C=O) groups is 1. The van der Waals surface area contributed by atoms with E-state index in [1.165, 1.54) is 20.0 Å². The molecule has 1 aliphatic carbocycles. The quantitative estimate of drug-likeness (QED) is 0.809. The average Bonchev–Trinajstić information content (AvgIpc) is 3.24. The third-order valence-electron chi connectivity index (χ3n) is 3.55. The highest BCUT2D eigenvalue weighted by Crippen LogP contribution is 2.32. The molecule has 0 aromatic carbocycles. The summed E-state index contributed by atoms with van der Waals surface area (Å²) in [6.45, 7) is 5.38. The summed E-state index contributed by atoms with van der Waals surface area (Å²) in [5.74, 6) is 1.05. The molecule has 1 fully saturated rings. The van der Waals surface area contributed by atoms with Crippen molar-refractivity contribution < 1.29 is 9.53 Å². The number of anilines is 2. The fraction of sp³-hybridized carbons (Fsp3) is 0.600. The van der Waals surface area contributed by atoms with Gasteiger partial charge in [0, 0.05) is 12.6 Å². The molecule has 20 heavy (non-hydrogen) atoms. The van der Waals surface area contributed by atoms with Crippen LogP contribution in [0.25, 0.3) is 0 Å². The van der Waals surface area contributed by atoms with Gasteiger partial charge in [-0.2, -0.15) is 0 Å². The first-order valence-electron chi connectivity index (χ1n) is 7.13. The number of nitrogen functional groups attached to an aromatic ring is 1. The van der Waals surface area contributed by atoms with E-state index in [0.29, 0.717) is 23.2 Å². The van der Waals surface area contributed by atoms with E-state index in [1.54, 1.807) is 12.3 Å². The van der Waals surface area contributed by atoms with Gasteiger partial charge >= 0.3 is 5.97 Å². The van der Waals surface area contributed by atoms with E-state index in [-0.39, 0.29) is 0 Å². The maximum atomic E-state index is 11.7. The molecule has 1 heterocycles. The summed E-state index contributed by atoms with van der Waals surface area (Å²) >= 11 is 0. The highest BCUT2D eigenvalue weighted by atomic mass is 16.5. The second-order valence-corrected chi connectivity index (χ2v) is 5.73. The first kappa shape index (κ1) is 14.6. The smallest absolute Gasteiger partial charge is 0.340 e. The minimum Gasteiger partial charge on any atom is -0.465 e. The van der Waals surface area contributed by atoms with E-state index in [1.807, 2.05) is 0 Å². The van der Waals surface area contributed by atoms with E-state index in [2.05, 4.69) is 23.7 Å². The largest absolute Gasteiger partial charge is 0.465 e. The minimum atomic E-state index is -0.411. The van der Waals surface area contributed by atoms with Gasteiger partial charge in [0.2, 0.25) is 0 Å². The van der Waals surface area contributed by atoms with Crippen molar-refractivity contribution >= 4 is 17.5 Å². The molecule has 5 nitrogen and oxygen atoms in total. The van der Waals surface area contributed by atoms with Crippen LogP contribution in [-0.4, -0.2) is 30.6 Å². The number of carbonyl (C=O) groups excluding carboxylic acids is 1. The number of nitrogens with zero attached hydrogens (tertiary/aromatic N) is 2. The van der Waals surface area contributed by atoms with Gasteiger partial charge in [0.1, 0.15) is 5.82 Å². The summed E-state index contributed by atoms with van der Waals surface area (Å²) in [6.07, 6.45) is 5.04. The Labute approximate surface area is 120 Å². The third-order valence-corrected chi connectivity index (χ3v) is 3.55. The number of pyridine rings is 1. The Hall–Kier alpha value is -1.78. The number of methoxy groups -OCH3 is 1. The van der Waals surface area contributed by atoms with E-state index in [4.69, 9.17) is 10.5 Å². The monoisotopic (exact) mass is 277 g/mol. The van der Waals surface area contributed by atoms with Crippen LogP contribution in [0.15, 0.2) is 12.3 Å². The predicted molar refractivity (Wildman–Crippen MR) is 79.8 cm³/mol. The van der Waals surface area contributed by atoms with Crippen LogP contribution in [0.2, 0.25) is 0 Å². The molecule has 0 unspecified atom stereocenters. The van der Waals surface area contributed by atoms with Crippen LogP contribution in [0.4, 0.5) is 11.5 Å². The number of ether oxygens (including phenoxy) is 1. The highest BCUT2D eigenvalue weighted by molar-refractivity contribution is 5.95. The number of hydrogen-bond acceptors (Lipinski definition) is 5. The second-order valence-electron chi connectivity index (χ2n) is 5.73. The Morgan fingerprint density at radius 1 is 1.55 bits per heavy atom. The van der Waals surface area contributed by atoms with Crippen molar-refractivity contribution in [3.05, 3.63) is 17.8 Å². The van der Waals surface area contributed by atoms with Gasteiger partial charge in [-0.25, -0.2) is 9.78 Å². The molecular weight excluding hydrogens is 254 g/mol. The molecule has 2 rings (SSSR count). The van der Waals surface area contributed by atoms with Crippen molar-refractivity contribution in [3.63, 3.8) is 0 Å². The van der Waals surface area contributed by atoms with Crippen LogP contribution >= 0.6 is 0 Å². The molecule has 0 spiro atoms. The van der Waals surface area contributed by atoms with E-state index < -0.39 is 5.97 Å². The van der Waals surface area contributed by atoms with Crippen molar-refractivity contribution in [1.82, 2.24) is 4.98 Å². The van der Waals surface area contributed by atoms with Crippen molar-refractivity contribution in [2.24, 2.45) is 5.92 Å². The van der Waals surface area contributed by atoms with Crippen molar-refractivity contribution in [1.29, 1.82) is 0 Å². The van der Waals surface area contributed by atoms with E-state index in [9.17, 15) is 4.79 Å². The Bertz CT molecular complexity index is 484. The molecule has 0 bridgehead atoms. The summed E-state index contributed by atoms with van der Waals surface area (Å²) in [5.41, 5.74) is 6.56. The molecule has 2 N–H and O–H groups in total. The molecule has 0 atom stereocenters. The lowest BCUT2D eigenvalue weighted by Gasteiger charge is -2.25. The Morgan fingerprint density at radius 3 is 2.80 bits per heavy atom. The van der Waals surface area contributed by atoms with Gasteiger partial charge in [-0.15, -0.1) is 0 Å². The summed E-state index contributed by atoms with van der Waals surface area (Å²) in [5, 5.41) is 0. The minimum absolute atomic E-state index is 0.361. The van der Waals surface area contributed by atoms with Gasteiger partial charge in [0.15, 0.2) is 0 Å². The SMILES string of the molecule is COC(=O)c1cc(N(CCC(C)C)C2CC2)ncc1N. The molecule has 1 aliphatic rings. The zero-order valence-corrected chi connectivity index (χ0v) is 12.4. The first-order valence-corrected chi connectivity index (χ1v) is 7.13. The molecule has 1 aromatic heterocycles. The molecule has 0 saturated heterocycles. The summed E-state index contributed by atoms with van der Waals surface area (Å²) < 4.78 is 4.76. The van der Waals surface area contributed by atoms with Gasteiger partial charge in [-0.3, -0.25) is 0 Å². The molecule has 0 amide bonds. The number of rotatable bonds is 6. The number of nitrogens with two attached hydrogens (primary N) is 1. The van der Waals surface area contributed by atoms with Crippen LogP contribution in [-0.2, 0) is 4.74 Å². The van der Waals surface area contributed by atoms with Gasteiger partial charge in [0.05, 0.1) is 24.6 Å². The fourth-order valence-electron chi connectivity index (χ4n) is 2.17. The topological polar surface area (TPSA) is 68.5 Å². The Kier molecular flexibility index (Phi) is 4.47. The lowest BCUT2D eigenvalue weighted by atomic mass is 10.1. The van der Waals surface area contributed by atoms with Gasteiger partial charge < -0.3 is 15.4 Å². The van der Waals surface area contributed by atoms with Gasteiger partial charge in [-0.05, 0) is 31.2 Å². The van der Waals surface area contributed by atoms with Crippen LogP contribution in [0.1, 0.15) is 43.5 Å². The number of esters is 1. The normalized spacial score (nSPS) is 14.4. The molecule has 110 valence electrons. The molecule has 0 radical (unpaired) electrons. The number of hydrogen-bond donors (Lipinski definition) is 1. The van der Waals surface area contributed by atoms with Crippen molar-refractivity contribution in [3.8, 4) is 0 Å². The van der Waals surface area contributed by atoms with E-state index in [0.717, 1.165) is 18.8 Å². The first-order chi connectivity index (χ1) is 9.52. The maximum absolute atomic E-state index is 11.7. The molecular formula is C15H23N3O2. The summed E-state index contributed by atoms with van der Waals surface area (Å²) in [6, 6.07) is 2.30. The standard InChI is InChI=1S/C15H23N3O2/c1-10(2)6-7-18(11-4-5-11)14-8-12(15(19)20-3)13(16)9-17-14/h8-11H,4-7,16H2,1-3H3. The lowest BCUT2D eigenvalue weighted by molar-refractivity contribution is 0.0602. The van der Waals surface area contributed by atoms with Gasteiger partial charge in [0.25, 0.3) is 0 Å². The predicted octanol–water partition coefficient (Wildman–Crippen LogP) is 2.47. The van der Waals surface area contributed by atoms with Crippen LogP contribution in [0.3, 0.4) is 0 Å². The second kappa shape index (κ2) is 6.11. The maximum Gasteiger partial charge on any atom is 0.340 e. The highest BCUT2D eigenvalue weighted by Gasteiger charge is 2.30. The number of aromatic nitrogens is 1. The van der Waals surface area contributed by atoms with Crippen molar-refractivity contribution in [2.45, 2.75) is 39.2 Å². The Balaban J connectivity index is 2.22. The molecule has 1 saturated carbocycles. The van der Waals surface area contributed by atoms with Gasteiger partial charge in [-0.1, -0.05) is 13.8 Å². The molecule has 1 aromatic rings. The van der Waals surface area contributed by atoms with Crippen LogP contribution in [0.5, 0.6) is 0 Å². The zero-order chi connectivity index (χ0) is 14.7. The van der Waals surface area contributed by atoms with E-state index >= 15 is 0 Å². The molecule has 5 heteroatoms. The zero-order valence-electron chi connectivity index (χ0n) is 12.4. The lowest BCUT2D eigenvalue weighted by Crippen LogP contribution is -2.29. The van der Waals surface area contributed by atoms with Crippen molar-refractivity contribution in [2.75, 3.05) is 24.3 Å². The Morgan fingerprint density at radius 2 is 2.25 bits per heavy atom. The third kappa shape index (κ3) is 3.40. The molecule has 0 aliphatic heterocycles. The van der Waals surface area contributed by atoms with Crippen LogP contribution in [0, 0.1) is 5.92 Å². The summed E-state index contributed by atoms with van der Waals surface area (Å²) in [7, 11) is 1.36.